The summed E-state index contributed by atoms with van der Waals surface area (Å²) in [5.74, 6) is -1.55. The average Bonchev–Trinajstić information content (AvgIpc) is 3.02. The smallest absolute Gasteiger partial charge is 0.205 e. The van der Waals surface area contributed by atoms with E-state index in [-0.39, 0.29) is 17.9 Å². The van der Waals surface area contributed by atoms with Crippen LogP contribution in [0.15, 0.2) is 46.9 Å². The second-order valence-electron chi connectivity index (χ2n) is 5.16. The van der Waals surface area contributed by atoms with Crippen LogP contribution in [0.4, 0.5) is 24.1 Å². The van der Waals surface area contributed by atoms with Crippen molar-refractivity contribution in [3.63, 3.8) is 0 Å². The summed E-state index contributed by atoms with van der Waals surface area (Å²) < 4.78 is 46.0. The first-order valence-electron chi connectivity index (χ1n) is 7.37. The van der Waals surface area contributed by atoms with Gasteiger partial charge in [-0.05, 0) is 42.0 Å². The Morgan fingerprint density at radius 3 is 2.73 bits per heavy atom. The molecule has 0 radical (unpaired) electrons. The Hall–Kier alpha value is -3.07. The zero-order chi connectivity index (χ0) is 18.5. The third kappa shape index (κ3) is 4.51. The van der Waals surface area contributed by atoms with Gasteiger partial charge in [-0.1, -0.05) is 0 Å². The van der Waals surface area contributed by atoms with Crippen molar-refractivity contribution in [3.05, 3.63) is 70.4 Å². The number of hydrogen-bond donors (Lipinski definition) is 2. The van der Waals surface area contributed by atoms with Gasteiger partial charge in [-0.15, -0.1) is 11.3 Å². The van der Waals surface area contributed by atoms with Crippen molar-refractivity contribution in [2.45, 2.75) is 6.61 Å². The van der Waals surface area contributed by atoms with Crippen molar-refractivity contribution in [2.24, 2.45) is 5.10 Å². The molecule has 0 atom stereocenters. The number of aromatic nitrogens is 1. The van der Waals surface area contributed by atoms with E-state index in [9.17, 15) is 13.2 Å². The molecule has 1 aromatic heterocycles. The summed E-state index contributed by atoms with van der Waals surface area (Å²) in [5.41, 5.74) is 8.64. The Kier molecular flexibility index (Phi) is 5.37. The van der Waals surface area contributed by atoms with Crippen molar-refractivity contribution < 1.29 is 17.9 Å². The predicted molar refractivity (Wildman–Crippen MR) is 94.8 cm³/mol. The lowest BCUT2D eigenvalue weighted by Gasteiger charge is -2.08. The largest absolute Gasteiger partial charge is 0.486 e. The summed E-state index contributed by atoms with van der Waals surface area (Å²) in [4.78, 5) is 3.96. The molecular formula is C17H13F3N4OS. The van der Waals surface area contributed by atoms with E-state index < -0.39 is 17.5 Å². The molecule has 1 heterocycles. The van der Waals surface area contributed by atoms with E-state index >= 15 is 0 Å². The zero-order valence-electron chi connectivity index (χ0n) is 13.2. The van der Waals surface area contributed by atoms with Crippen LogP contribution in [0.1, 0.15) is 11.1 Å². The molecule has 5 nitrogen and oxygen atoms in total. The van der Waals surface area contributed by atoms with Crippen LogP contribution in [0.2, 0.25) is 0 Å². The lowest BCUT2D eigenvalue weighted by molar-refractivity contribution is 0.284. The average molecular weight is 378 g/mol. The highest BCUT2D eigenvalue weighted by Crippen LogP contribution is 2.21. The first-order chi connectivity index (χ1) is 12.5. The second kappa shape index (κ2) is 7.87. The van der Waals surface area contributed by atoms with Crippen LogP contribution in [0.25, 0.3) is 0 Å². The monoisotopic (exact) mass is 378 g/mol. The number of ether oxygens (including phenoxy) is 1. The van der Waals surface area contributed by atoms with Gasteiger partial charge < -0.3 is 10.5 Å². The summed E-state index contributed by atoms with van der Waals surface area (Å²) in [7, 11) is 0. The van der Waals surface area contributed by atoms with E-state index in [4.69, 9.17) is 10.5 Å². The first-order valence-corrected chi connectivity index (χ1v) is 8.25. The molecule has 0 unspecified atom stereocenters. The number of nitrogens with zero attached hydrogens (tertiary/aromatic N) is 2. The van der Waals surface area contributed by atoms with E-state index in [2.05, 4.69) is 15.5 Å². The molecule has 0 aliphatic rings. The number of nitrogens with one attached hydrogen (secondary N) is 1. The molecule has 9 heteroatoms. The van der Waals surface area contributed by atoms with Crippen LogP contribution in [0.5, 0.6) is 5.75 Å². The van der Waals surface area contributed by atoms with E-state index in [1.807, 2.05) is 0 Å². The number of hydrogen-bond acceptors (Lipinski definition) is 6. The summed E-state index contributed by atoms with van der Waals surface area (Å²) in [6, 6.07) is 7.16. The maximum atomic E-state index is 14.1. The molecule has 0 aliphatic heterocycles. The Labute approximate surface area is 151 Å². The van der Waals surface area contributed by atoms with Gasteiger partial charge in [0.2, 0.25) is 5.13 Å². The Bertz CT molecular complexity index is 946. The molecule has 26 heavy (non-hydrogen) atoms. The highest BCUT2D eigenvalue weighted by Gasteiger charge is 2.08. The van der Waals surface area contributed by atoms with Crippen molar-refractivity contribution in [1.29, 1.82) is 0 Å². The Balaban J connectivity index is 1.62. The first kappa shape index (κ1) is 17.7. The third-order valence-electron chi connectivity index (χ3n) is 3.24. The van der Waals surface area contributed by atoms with Crippen LogP contribution in [0, 0.1) is 17.5 Å². The van der Waals surface area contributed by atoms with Gasteiger partial charge in [0.25, 0.3) is 0 Å². The van der Waals surface area contributed by atoms with Gasteiger partial charge in [-0.25, -0.2) is 18.2 Å². The molecule has 0 spiro atoms. The molecule has 0 saturated heterocycles. The van der Waals surface area contributed by atoms with Gasteiger partial charge in [0.05, 0.1) is 6.21 Å². The van der Waals surface area contributed by atoms with Gasteiger partial charge in [-0.3, -0.25) is 5.43 Å². The standard InChI is InChI=1S/C17H13F3N4OS/c18-12-2-3-13(19)11(6-12)8-25-15-4-1-10(5-14(15)20)7-22-24-17-23-16(21)9-26-17/h1-7,9H,8,21H2,(H,23,24). The van der Waals surface area contributed by atoms with Crippen molar-refractivity contribution in [3.8, 4) is 5.75 Å². The molecule has 134 valence electrons. The molecule has 0 fully saturated rings. The maximum absolute atomic E-state index is 14.1. The number of halogens is 3. The molecule has 2 aromatic carbocycles. The molecule has 3 aromatic rings. The highest BCUT2D eigenvalue weighted by atomic mass is 32.1. The van der Waals surface area contributed by atoms with Crippen LogP contribution in [-0.4, -0.2) is 11.2 Å². The van der Waals surface area contributed by atoms with Crippen LogP contribution in [-0.2, 0) is 6.61 Å². The van der Waals surface area contributed by atoms with Gasteiger partial charge in [0.15, 0.2) is 11.6 Å². The fourth-order valence-electron chi connectivity index (χ4n) is 2.02. The number of anilines is 2. The van der Waals surface area contributed by atoms with Crippen LogP contribution < -0.4 is 15.9 Å². The SMILES string of the molecule is Nc1csc(NN=Cc2ccc(OCc3cc(F)ccc3F)c(F)c2)n1. The number of nitrogens with two attached hydrogens (primary N) is 1. The summed E-state index contributed by atoms with van der Waals surface area (Å²) in [5, 5.41) is 6.10. The third-order valence-corrected chi connectivity index (χ3v) is 4.01. The van der Waals surface area contributed by atoms with Crippen molar-refractivity contribution in [1.82, 2.24) is 4.98 Å². The Morgan fingerprint density at radius 2 is 2.00 bits per heavy atom. The maximum Gasteiger partial charge on any atom is 0.205 e. The van der Waals surface area contributed by atoms with Crippen molar-refractivity contribution >= 4 is 28.5 Å². The lowest BCUT2D eigenvalue weighted by Crippen LogP contribution is -2.01. The van der Waals surface area contributed by atoms with E-state index in [0.717, 1.165) is 18.2 Å². The van der Waals surface area contributed by atoms with E-state index in [1.165, 1.54) is 29.7 Å². The fourth-order valence-corrected chi connectivity index (χ4v) is 2.57. The Morgan fingerprint density at radius 1 is 1.15 bits per heavy atom. The minimum atomic E-state index is -0.649. The molecule has 0 aliphatic carbocycles. The van der Waals surface area contributed by atoms with Crippen molar-refractivity contribution in [2.75, 3.05) is 11.2 Å². The summed E-state index contributed by atoms with van der Waals surface area (Å²) >= 11 is 1.28. The zero-order valence-corrected chi connectivity index (χ0v) is 14.1. The normalized spacial score (nSPS) is 11.0. The number of benzene rings is 2. The molecular weight excluding hydrogens is 365 g/mol. The summed E-state index contributed by atoms with van der Waals surface area (Å²) in [6.45, 7) is -0.291. The molecule has 0 saturated carbocycles. The van der Waals surface area contributed by atoms with E-state index in [0.29, 0.717) is 16.5 Å². The number of nitrogen functional groups attached to an aromatic ring is 1. The topological polar surface area (TPSA) is 72.5 Å². The predicted octanol–water partition coefficient (Wildman–Crippen LogP) is 4.17. The molecule has 0 amide bonds. The number of thiazole rings is 1. The van der Waals surface area contributed by atoms with Gasteiger partial charge in [-0.2, -0.15) is 5.10 Å². The van der Waals surface area contributed by atoms with Gasteiger partial charge >= 0.3 is 0 Å². The number of rotatable bonds is 6. The lowest BCUT2D eigenvalue weighted by atomic mass is 10.2. The molecule has 3 N–H and O–H groups in total. The highest BCUT2D eigenvalue weighted by molar-refractivity contribution is 7.14. The van der Waals surface area contributed by atoms with E-state index in [1.54, 1.807) is 11.4 Å². The van der Waals surface area contributed by atoms with Gasteiger partial charge in [0.1, 0.15) is 24.1 Å². The van der Waals surface area contributed by atoms with Crippen LogP contribution in [0.3, 0.4) is 0 Å². The fraction of sp³-hybridized carbons (Fsp3) is 0.0588. The minimum absolute atomic E-state index is 0.00181. The quantitative estimate of drug-likeness (QED) is 0.499. The summed E-state index contributed by atoms with van der Waals surface area (Å²) in [6.07, 6.45) is 1.40. The molecule has 3 rings (SSSR count). The van der Waals surface area contributed by atoms with Gasteiger partial charge in [0, 0.05) is 10.9 Å². The molecule has 0 bridgehead atoms. The minimum Gasteiger partial charge on any atom is -0.486 e. The number of hydrazone groups is 1. The van der Waals surface area contributed by atoms with Crippen LogP contribution >= 0.6 is 11.3 Å². The second-order valence-corrected chi connectivity index (χ2v) is 6.02.